The van der Waals surface area contributed by atoms with E-state index in [9.17, 15) is 0 Å². The molecule has 4 unspecified atom stereocenters. The first-order valence-corrected chi connectivity index (χ1v) is 7.66. The van der Waals surface area contributed by atoms with Crippen LogP contribution in [0.15, 0.2) is 0 Å². The van der Waals surface area contributed by atoms with Crippen LogP contribution in [0.5, 0.6) is 0 Å². The summed E-state index contributed by atoms with van der Waals surface area (Å²) in [6.45, 7) is 11.1. The topological polar surface area (TPSA) is 15.3 Å². The van der Waals surface area contributed by atoms with Crippen LogP contribution in [0.1, 0.15) is 52.9 Å². The molecular formula is C15H30N2. The van der Waals surface area contributed by atoms with Crippen molar-refractivity contribution >= 4 is 0 Å². The molecule has 0 aromatic carbocycles. The van der Waals surface area contributed by atoms with Crippen LogP contribution in [0, 0.1) is 11.8 Å². The molecule has 0 amide bonds. The standard InChI is InChI=1S/C15H30N2/c1-12-7-6-8-15(14(12)3)16-11-13(2)17-9-4-5-10-17/h12-16H,4-11H2,1-3H3. The van der Waals surface area contributed by atoms with Crippen molar-refractivity contribution in [2.24, 2.45) is 11.8 Å². The predicted molar refractivity (Wildman–Crippen MR) is 74.2 cm³/mol. The Kier molecular flexibility index (Phi) is 4.87. The van der Waals surface area contributed by atoms with Crippen molar-refractivity contribution in [1.29, 1.82) is 0 Å². The van der Waals surface area contributed by atoms with Gasteiger partial charge in [-0.15, -0.1) is 0 Å². The first-order valence-electron chi connectivity index (χ1n) is 7.66. The summed E-state index contributed by atoms with van der Waals surface area (Å²) in [6.07, 6.45) is 7.04. The zero-order chi connectivity index (χ0) is 12.3. The smallest absolute Gasteiger partial charge is 0.0192 e. The van der Waals surface area contributed by atoms with Gasteiger partial charge in [-0.2, -0.15) is 0 Å². The third kappa shape index (κ3) is 3.45. The summed E-state index contributed by atoms with van der Waals surface area (Å²) in [7, 11) is 0. The summed E-state index contributed by atoms with van der Waals surface area (Å²) in [5, 5.41) is 3.84. The van der Waals surface area contributed by atoms with E-state index in [1.54, 1.807) is 0 Å². The maximum Gasteiger partial charge on any atom is 0.0192 e. The van der Waals surface area contributed by atoms with Crippen LogP contribution in [0.25, 0.3) is 0 Å². The van der Waals surface area contributed by atoms with Gasteiger partial charge < -0.3 is 5.32 Å². The molecule has 0 spiro atoms. The monoisotopic (exact) mass is 238 g/mol. The fraction of sp³-hybridized carbons (Fsp3) is 1.00. The highest BCUT2D eigenvalue weighted by molar-refractivity contribution is 4.84. The highest BCUT2D eigenvalue weighted by Gasteiger charge is 2.27. The number of rotatable bonds is 4. The second-order valence-electron chi connectivity index (χ2n) is 6.37. The predicted octanol–water partition coefficient (Wildman–Crippen LogP) is 2.89. The molecule has 0 radical (unpaired) electrons. The van der Waals surface area contributed by atoms with E-state index >= 15 is 0 Å². The molecule has 0 aromatic heterocycles. The van der Waals surface area contributed by atoms with E-state index in [1.807, 2.05) is 0 Å². The van der Waals surface area contributed by atoms with Crippen molar-refractivity contribution in [3.05, 3.63) is 0 Å². The molecule has 4 atom stereocenters. The molecule has 1 N–H and O–H groups in total. The number of hydrogen-bond acceptors (Lipinski definition) is 2. The molecule has 100 valence electrons. The van der Waals surface area contributed by atoms with Crippen LogP contribution in [0.2, 0.25) is 0 Å². The van der Waals surface area contributed by atoms with E-state index in [2.05, 4.69) is 31.0 Å². The summed E-state index contributed by atoms with van der Waals surface area (Å²) in [5.41, 5.74) is 0. The lowest BCUT2D eigenvalue weighted by Crippen LogP contribution is -2.46. The minimum atomic E-state index is 0.724. The maximum atomic E-state index is 3.84. The van der Waals surface area contributed by atoms with Crippen molar-refractivity contribution in [2.45, 2.75) is 65.0 Å². The van der Waals surface area contributed by atoms with Crippen molar-refractivity contribution < 1.29 is 0 Å². The number of hydrogen-bond donors (Lipinski definition) is 1. The lowest BCUT2D eigenvalue weighted by molar-refractivity contribution is 0.184. The van der Waals surface area contributed by atoms with E-state index in [0.717, 1.165) is 23.9 Å². The Labute approximate surface area is 107 Å². The molecule has 0 aromatic rings. The zero-order valence-corrected chi connectivity index (χ0v) is 11.9. The summed E-state index contributed by atoms with van der Waals surface area (Å²) in [6, 6.07) is 1.49. The highest BCUT2D eigenvalue weighted by Crippen LogP contribution is 2.29. The summed E-state index contributed by atoms with van der Waals surface area (Å²) < 4.78 is 0. The molecule has 17 heavy (non-hydrogen) atoms. The molecule has 1 heterocycles. The van der Waals surface area contributed by atoms with E-state index < -0.39 is 0 Å². The lowest BCUT2D eigenvalue weighted by Gasteiger charge is -2.36. The van der Waals surface area contributed by atoms with E-state index in [4.69, 9.17) is 0 Å². The maximum absolute atomic E-state index is 3.84. The Morgan fingerprint density at radius 2 is 1.82 bits per heavy atom. The zero-order valence-electron chi connectivity index (χ0n) is 11.9. The first kappa shape index (κ1) is 13.4. The van der Waals surface area contributed by atoms with Gasteiger partial charge in [0, 0.05) is 18.6 Å². The Morgan fingerprint density at radius 1 is 1.12 bits per heavy atom. The first-order chi connectivity index (χ1) is 8.18. The summed E-state index contributed by atoms with van der Waals surface area (Å²) >= 11 is 0. The number of nitrogens with zero attached hydrogens (tertiary/aromatic N) is 1. The van der Waals surface area contributed by atoms with Gasteiger partial charge in [0.1, 0.15) is 0 Å². The van der Waals surface area contributed by atoms with Gasteiger partial charge in [0.2, 0.25) is 0 Å². The van der Waals surface area contributed by atoms with Crippen LogP contribution >= 0.6 is 0 Å². The molecule has 1 saturated carbocycles. The second-order valence-corrected chi connectivity index (χ2v) is 6.37. The van der Waals surface area contributed by atoms with Crippen LogP contribution in [0.4, 0.5) is 0 Å². The van der Waals surface area contributed by atoms with Crippen molar-refractivity contribution in [1.82, 2.24) is 10.2 Å². The van der Waals surface area contributed by atoms with Gasteiger partial charge in [-0.05, 0) is 51.1 Å². The average Bonchev–Trinajstić information content (AvgIpc) is 2.84. The largest absolute Gasteiger partial charge is 0.312 e. The van der Waals surface area contributed by atoms with E-state index in [-0.39, 0.29) is 0 Å². The Morgan fingerprint density at radius 3 is 2.53 bits per heavy atom. The van der Waals surface area contributed by atoms with Crippen molar-refractivity contribution in [2.75, 3.05) is 19.6 Å². The fourth-order valence-electron chi connectivity index (χ4n) is 3.50. The minimum Gasteiger partial charge on any atom is -0.312 e. The SMILES string of the molecule is CC1CCCC(NCC(C)N2CCCC2)C1C. The van der Waals surface area contributed by atoms with Gasteiger partial charge in [-0.1, -0.05) is 26.7 Å². The average molecular weight is 238 g/mol. The third-order valence-corrected chi connectivity index (χ3v) is 5.15. The molecule has 2 nitrogen and oxygen atoms in total. The Hall–Kier alpha value is -0.0800. The summed E-state index contributed by atoms with van der Waals surface area (Å²) in [4.78, 5) is 2.64. The van der Waals surface area contributed by atoms with Gasteiger partial charge in [0.25, 0.3) is 0 Å². The van der Waals surface area contributed by atoms with Gasteiger partial charge in [0.15, 0.2) is 0 Å². The quantitative estimate of drug-likeness (QED) is 0.810. The molecule has 1 aliphatic carbocycles. The molecule has 0 bridgehead atoms. The van der Waals surface area contributed by atoms with Crippen LogP contribution in [-0.4, -0.2) is 36.6 Å². The lowest BCUT2D eigenvalue weighted by atomic mass is 9.78. The van der Waals surface area contributed by atoms with Crippen molar-refractivity contribution in [3.8, 4) is 0 Å². The molecule has 2 heteroatoms. The molecule has 2 fully saturated rings. The number of likely N-dealkylation sites (tertiary alicyclic amines) is 1. The Balaban J connectivity index is 1.73. The van der Waals surface area contributed by atoms with Gasteiger partial charge >= 0.3 is 0 Å². The number of nitrogens with one attached hydrogen (secondary N) is 1. The summed E-state index contributed by atoms with van der Waals surface area (Å²) in [5.74, 6) is 1.76. The third-order valence-electron chi connectivity index (χ3n) is 5.15. The normalized spacial score (nSPS) is 37.2. The second kappa shape index (κ2) is 6.19. The molecule has 1 saturated heterocycles. The van der Waals surface area contributed by atoms with Crippen LogP contribution < -0.4 is 5.32 Å². The van der Waals surface area contributed by atoms with E-state index in [1.165, 1.54) is 51.7 Å². The van der Waals surface area contributed by atoms with Crippen LogP contribution in [-0.2, 0) is 0 Å². The van der Waals surface area contributed by atoms with Gasteiger partial charge in [0.05, 0.1) is 0 Å². The minimum absolute atomic E-state index is 0.724. The van der Waals surface area contributed by atoms with Gasteiger partial charge in [-0.25, -0.2) is 0 Å². The van der Waals surface area contributed by atoms with E-state index in [0.29, 0.717) is 0 Å². The molecule has 1 aliphatic heterocycles. The van der Waals surface area contributed by atoms with Gasteiger partial charge in [-0.3, -0.25) is 4.90 Å². The molecule has 2 aliphatic rings. The highest BCUT2D eigenvalue weighted by atomic mass is 15.2. The fourth-order valence-corrected chi connectivity index (χ4v) is 3.50. The molecule has 2 rings (SSSR count). The Bertz CT molecular complexity index is 223. The van der Waals surface area contributed by atoms with Crippen LogP contribution in [0.3, 0.4) is 0 Å². The molecular weight excluding hydrogens is 208 g/mol. The van der Waals surface area contributed by atoms with Crippen molar-refractivity contribution in [3.63, 3.8) is 0 Å².